The summed E-state index contributed by atoms with van der Waals surface area (Å²) in [6.45, 7) is 3.87. The minimum atomic E-state index is -0.489. The van der Waals surface area contributed by atoms with E-state index in [1.165, 1.54) is 0 Å². The van der Waals surface area contributed by atoms with Crippen molar-refractivity contribution in [3.05, 3.63) is 51.2 Å². The number of nitrogens with two attached hydrogens (primary N) is 1. The normalized spacial score (nSPS) is 10.3. The van der Waals surface area contributed by atoms with Gasteiger partial charge in [-0.2, -0.15) is 0 Å². The lowest BCUT2D eigenvalue weighted by molar-refractivity contribution is 0.0920. The van der Waals surface area contributed by atoms with E-state index in [4.69, 9.17) is 10.5 Å². The Labute approximate surface area is 121 Å². The van der Waals surface area contributed by atoms with Gasteiger partial charge in [0.15, 0.2) is 6.61 Å². The second-order valence-electron chi connectivity index (χ2n) is 4.43. The molecule has 0 saturated carbocycles. The largest absolute Gasteiger partial charge is 0.485 e. The zero-order valence-electron chi connectivity index (χ0n) is 11.3. The molecule has 0 unspecified atom stereocenters. The van der Waals surface area contributed by atoms with Gasteiger partial charge in [0.2, 0.25) is 11.7 Å². The summed E-state index contributed by atoms with van der Waals surface area (Å²) >= 11 is 1.60. The Morgan fingerprint density at radius 1 is 1.20 bits per heavy atom. The number of primary amides is 1. The molecule has 20 heavy (non-hydrogen) atoms. The first kappa shape index (κ1) is 14.3. The van der Waals surface area contributed by atoms with Crippen molar-refractivity contribution < 1.29 is 14.3 Å². The lowest BCUT2D eigenvalue weighted by atomic mass is 10.1. The smallest absolute Gasteiger partial charge is 0.248 e. The molecule has 1 aromatic carbocycles. The van der Waals surface area contributed by atoms with Gasteiger partial charge in [0.1, 0.15) is 5.75 Å². The van der Waals surface area contributed by atoms with E-state index in [1.54, 1.807) is 35.6 Å². The van der Waals surface area contributed by atoms with Crippen LogP contribution in [0.5, 0.6) is 5.75 Å². The molecule has 2 aromatic rings. The fraction of sp³-hybridized carbons (Fsp3) is 0.200. The molecule has 0 aliphatic rings. The Morgan fingerprint density at radius 3 is 2.35 bits per heavy atom. The van der Waals surface area contributed by atoms with E-state index >= 15 is 0 Å². The van der Waals surface area contributed by atoms with Crippen LogP contribution in [0, 0.1) is 13.8 Å². The lowest BCUT2D eigenvalue weighted by Gasteiger charge is -2.05. The summed E-state index contributed by atoms with van der Waals surface area (Å²) in [6, 6.07) is 8.27. The number of hydrogen-bond acceptors (Lipinski definition) is 4. The number of amides is 1. The van der Waals surface area contributed by atoms with Crippen molar-refractivity contribution in [2.75, 3.05) is 6.61 Å². The number of rotatable bonds is 5. The second kappa shape index (κ2) is 5.88. The standard InChI is InChI=1S/C15H15NO3S/c1-9-7-13(10(2)20-9)14(17)8-19-12-5-3-11(4-6-12)15(16)18/h3-7H,8H2,1-2H3,(H2,16,18). The summed E-state index contributed by atoms with van der Waals surface area (Å²) in [5, 5.41) is 0. The van der Waals surface area contributed by atoms with Crippen molar-refractivity contribution in [2.45, 2.75) is 13.8 Å². The Bertz CT molecular complexity index is 644. The highest BCUT2D eigenvalue weighted by molar-refractivity contribution is 7.12. The molecule has 0 aliphatic carbocycles. The van der Waals surface area contributed by atoms with Gasteiger partial charge in [0.25, 0.3) is 0 Å². The number of ether oxygens (including phenoxy) is 1. The van der Waals surface area contributed by atoms with Crippen LogP contribution in [0.25, 0.3) is 0 Å². The van der Waals surface area contributed by atoms with Crippen LogP contribution in [0.4, 0.5) is 0 Å². The van der Waals surface area contributed by atoms with Crippen LogP contribution in [0.2, 0.25) is 0 Å². The fourth-order valence-corrected chi connectivity index (χ4v) is 2.79. The van der Waals surface area contributed by atoms with Gasteiger partial charge in [-0.25, -0.2) is 0 Å². The second-order valence-corrected chi connectivity index (χ2v) is 5.89. The first-order valence-corrected chi connectivity index (χ1v) is 6.92. The van der Waals surface area contributed by atoms with E-state index in [0.29, 0.717) is 16.9 Å². The summed E-state index contributed by atoms with van der Waals surface area (Å²) in [5.74, 6) is -0.00391. The minimum absolute atomic E-state index is 0.0209. The van der Waals surface area contributed by atoms with Crippen molar-refractivity contribution in [1.82, 2.24) is 0 Å². The van der Waals surface area contributed by atoms with Gasteiger partial charge in [0, 0.05) is 20.9 Å². The lowest BCUT2D eigenvalue weighted by Crippen LogP contribution is -2.12. The van der Waals surface area contributed by atoms with Gasteiger partial charge < -0.3 is 10.5 Å². The molecule has 0 aliphatic heterocycles. The van der Waals surface area contributed by atoms with Crippen LogP contribution in [0.1, 0.15) is 30.5 Å². The number of thiophene rings is 1. The monoisotopic (exact) mass is 289 g/mol. The van der Waals surface area contributed by atoms with Crippen LogP contribution in [-0.4, -0.2) is 18.3 Å². The molecule has 0 atom stereocenters. The summed E-state index contributed by atoms with van der Waals surface area (Å²) in [6.07, 6.45) is 0. The van der Waals surface area contributed by atoms with Crippen molar-refractivity contribution in [3.8, 4) is 5.75 Å². The SMILES string of the molecule is Cc1cc(C(=O)COc2ccc(C(N)=O)cc2)c(C)s1. The maximum atomic E-state index is 12.0. The maximum Gasteiger partial charge on any atom is 0.248 e. The number of Topliss-reactive ketones (excluding diaryl/α,β-unsaturated/α-hetero) is 1. The summed E-state index contributed by atoms with van der Waals surface area (Å²) in [5.41, 5.74) is 6.27. The number of ketones is 1. The molecular weight excluding hydrogens is 274 g/mol. The number of aryl methyl sites for hydroxylation is 2. The Morgan fingerprint density at radius 2 is 1.85 bits per heavy atom. The van der Waals surface area contributed by atoms with Gasteiger partial charge >= 0.3 is 0 Å². The molecule has 1 aromatic heterocycles. The predicted octanol–water partition coefficient (Wildman–Crippen LogP) is 2.73. The molecule has 0 radical (unpaired) electrons. The zero-order chi connectivity index (χ0) is 14.7. The molecule has 0 bridgehead atoms. The third-order valence-electron chi connectivity index (χ3n) is 2.85. The number of benzene rings is 1. The highest BCUT2D eigenvalue weighted by Crippen LogP contribution is 2.21. The first-order valence-electron chi connectivity index (χ1n) is 6.10. The molecule has 5 heteroatoms. The molecule has 2 rings (SSSR count). The van der Waals surface area contributed by atoms with E-state index in [-0.39, 0.29) is 12.4 Å². The summed E-state index contributed by atoms with van der Waals surface area (Å²) in [4.78, 5) is 25.1. The van der Waals surface area contributed by atoms with Crippen molar-refractivity contribution in [1.29, 1.82) is 0 Å². The maximum absolute atomic E-state index is 12.0. The van der Waals surface area contributed by atoms with Gasteiger partial charge in [-0.1, -0.05) is 0 Å². The van der Waals surface area contributed by atoms with E-state index < -0.39 is 5.91 Å². The molecule has 1 amide bonds. The van der Waals surface area contributed by atoms with Gasteiger partial charge in [-0.15, -0.1) is 11.3 Å². The van der Waals surface area contributed by atoms with Crippen LogP contribution in [-0.2, 0) is 0 Å². The van der Waals surface area contributed by atoms with Crippen molar-refractivity contribution in [3.63, 3.8) is 0 Å². The molecule has 104 valence electrons. The molecular formula is C15H15NO3S. The van der Waals surface area contributed by atoms with Gasteiger partial charge in [-0.05, 0) is 44.2 Å². The van der Waals surface area contributed by atoms with Crippen LogP contribution < -0.4 is 10.5 Å². The highest BCUT2D eigenvalue weighted by Gasteiger charge is 2.12. The van der Waals surface area contributed by atoms with E-state index in [2.05, 4.69) is 0 Å². The predicted molar refractivity (Wildman–Crippen MR) is 78.6 cm³/mol. The van der Waals surface area contributed by atoms with E-state index in [1.807, 2.05) is 19.9 Å². The van der Waals surface area contributed by atoms with Crippen molar-refractivity contribution >= 4 is 23.0 Å². The van der Waals surface area contributed by atoms with Crippen LogP contribution in [0.15, 0.2) is 30.3 Å². The van der Waals surface area contributed by atoms with Gasteiger partial charge in [-0.3, -0.25) is 9.59 Å². The average Bonchev–Trinajstić information content (AvgIpc) is 2.75. The Balaban J connectivity index is 2.00. The summed E-state index contributed by atoms with van der Waals surface area (Å²) in [7, 11) is 0. The quantitative estimate of drug-likeness (QED) is 0.860. The molecule has 1 heterocycles. The zero-order valence-corrected chi connectivity index (χ0v) is 12.1. The van der Waals surface area contributed by atoms with Crippen LogP contribution >= 0.6 is 11.3 Å². The van der Waals surface area contributed by atoms with Crippen molar-refractivity contribution in [2.24, 2.45) is 5.73 Å². The third-order valence-corrected chi connectivity index (χ3v) is 3.82. The highest BCUT2D eigenvalue weighted by atomic mass is 32.1. The van der Waals surface area contributed by atoms with Gasteiger partial charge in [0.05, 0.1) is 0 Å². The molecule has 0 fully saturated rings. The molecule has 0 saturated heterocycles. The van der Waals surface area contributed by atoms with E-state index in [9.17, 15) is 9.59 Å². The fourth-order valence-electron chi connectivity index (χ4n) is 1.85. The number of carbonyl (C=O) groups excluding carboxylic acids is 2. The summed E-state index contributed by atoms with van der Waals surface area (Å²) < 4.78 is 5.42. The number of carbonyl (C=O) groups is 2. The Hall–Kier alpha value is -2.14. The molecule has 0 spiro atoms. The molecule has 2 N–H and O–H groups in total. The Kier molecular flexibility index (Phi) is 4.20. The minimum Gasteiger partial charge on any atom is -0.485 e. The topological polar surface area (TPSA) is 69.4 Å². The molecule has 4 nitrogen and oxygen atoms in total. The van der Waals surface area contributed by atoms with E-state index in [0.717, 1.165) is 9.75 Å². The third kappa shape index (κ3) is 3.24. The average molecular weight is 289 g/mol. The first-order chi connectivity index (χ1) is 9.47. The van der Waals surface area contributed by atoms with Crippen LogP contribution in [0.3, 0.4) is 0 Å². The number of hydrogen-bond donors (Lipinski definition) is 1.